The van der Waals surface area contributed by atoms with Crippen molar-refractivity contribution in [1.29, 1.82) is 0 Å². The van der Waals surface area contributed by atoms with Gasteiger partial charge in [0.2, 0.25) is 0 Å². The number of hydrogen-bond donors (Lipinski definition) is 0. The summed E-state index contributed by atoms with van der Waals surface area (Å²) in [5, 5.41) is 0.113. The molecule has 10 nitrogen and oxygen atoms in total. The minimum Gasteiger partial charge on any atom is -0.459 e. The standard InChI is InChI=1S/C38H28FN3O7/c39-28-21-42(34-30(28)31(40-23-41-34)24-13-5-1-6-14-24)35-33(49-38(45)27-19-11-4-12-20-27)32(48-37(44)26-17-9-3-10-18-26)29(47-35)22-46-36(43)25-15-7-2-8-16-25/h1-21,23,29,32-33,35H,22H2/t29-,32-,33-,35-/m1/s1. The number of fused-ring (bicyclic) bond motifs is 1. The van der Waals surface area contributed by atoms with Crippen LogP contribution in [0.2, 0.25) is 0 Å². The molecule has 0 spiro atoms. The molecule has 244 valence electrons. The molecule has 0 radical (unpaired) electrons. The lowest BCUT2D eigenvalue weighted by Gasteiger charge is -2.25. The lowest BCUT2D eigenvalue weighted by Crippen LogP contribution is -2.41. The Labute approximate surface area is 279 Å². The van der Waals surface area contributed by atoms with Gasteiger partial charge in [-0.3, -0.25) is 4.57 Å². The monoisotopic (exact) mass is 657 g/mol. The summed E-state index contributed by atoms with van der Waals surface area (Å²) in [7, 11) is 0. The van der Waals surface area contributed by atoms with Crippen molar-refractivity contribution in [1.82, 2.24) is 14.5 Å². The van der Waals surface area contributed by atoms with Crippen LogP contribution in [0.1, 0.15) is 37.3 Å². The summed E-state index contributed by atoms with van der Waals surface area (Å²) in [4.78, 5) is 48.7. The molecule has 1 aliphatic heterocycles. The van der Waals surface area contributed by atoms with Crippen molar-refractivity contribution in [3.05, 3.63) is 156 Å². The Hall–Kier alpha value is -6.20. The molecule has 11 heteroatoms. The van der Waals surface area contributed by atoms with E-state index in [2.05, 4.69) is 9.97 Å². The highest BCUT2D eigenvalue weighted by atomic mass is 19.1. The van der Waals surface area contributed by atoms with Gasteiger partial charge >= 0.3 is 17.9 Å². The van der Waals surface area contributed by atoms with E-state index in [0.717, 1.165) is 0 Å². The van der Waals surface area contributed by atoms with Crippen molar-refractivity contribution < 1.29 is 37.7 Å². The zero-order valence-corrected chi connectivity index (χ0v) is 25.8. The molecule has 1 saturated heterocycles. The van der Waals surface area contributed by atoms with Gasteiger partial charge in [-0.15, -0.1) is 0 Å². The first-order valence-electron chi connectivity index (χ1n) is 15.4. The van der Waals surface area contributed by atoms with Crippen LogP contribution in [0, 0.1) is 5.82 Å². The van der Waals surface area contributed by atoms with Crippen molar-refractivity contribution >= 4 is 28.9 Å². The number of esters is 3. The summed E-state index contributed by atoms with van der Waals surface area (Å²) in [5.41, 5.74) is 1.91. The summed E-state index contributed by atoms with van der Waals surface area (Å²) in [6.45, 7) is -0.387. The molecular weight excluding hydrogens is 629 g/mol. The highest BCUT2D eigenvalue weighted by Gasteiger charge is 2.52. The molecule has 0 aliphatic carbocycles. The predicted octanol–water partition coefficient (Wildman–Crippen LogP) is 6.44. The van der Waals surface area contributed by atoms with Crippen LogP contribution in [0.25, 0.3) is 22.3 Å². The second-order valence-electron chi connectivity index (χ2n) is 11.2. The lowest BCUT2D eigenvalue weighted by molar-refractivity contribution is -0.0605. The minimum absolute atomic E-state index is 0.113. The molecule has 1 fully saturated rings. The van der Waals surface area contributed by atoms with E-state index in [9.17, 15) is 14.4 Å². The van der Waals surface area contributed by atoms with Crippen molar-refractivity contribution in [2.75, 3.05) is 6.61 Å². The van der Waals surface area contributed by atoms with Gasteiger partial charge in [0.05, 0.1) is 27.8 Å². The molecule has 6 aromatic rings. The van der Waals surface area contributed by atoms with Crippen LogP contribution < -0.4 is 0 Å². The van der Waals surface area contributed by atoms with Gasteiger partial charge in [0, 0.05) is 11.8 Å². The molecule has 0 saturated carbocycles. The fraction of sp³-hybridized carbons (Fsp3) is 0.132. The minimum atomic E-state index is -1.34. The molecule has 49 heavy (non-hydrogen) atoms. The molecule has 2 aromatic heterocycles. The Morgan fingerprint density at radius 1 is 0.673 bits per heavy atom. The third-order valence-corrected chi connectivity index (χ3v) is 8.06. The van der Waals surface area contributed by atoms with Gasteiger partial charge in [0.15, 0.2) is 24.3 Å². The number of aromatic nitrogens is 3. The van der Waals surface area contributed by atoms with Crippen LogP contribution in [0.15, 0.2) is 134 Å². The first-order valence-corrected chi connectivity index (χ1v) is 15.4. The van der Waals surface area contributed by atoms with Gasteiger partial charge in [-0.25, -0.2) is 28.7 Å². The topological polar surface area (TPSA) is 119 Å². The van der Waals surface area contributed by atoms with E-state index in [4.69, 9.17) is 18.9 Å². The van der Waals surface area contributed by atoms with E-state index < -0.39 is 48.3 Å². The molecule has 0 unspecified atom stereocenters. The second kappa shape index (κ2) is 13.9. The Morgan fingerprint density at radius 2 is 1.18 bits per heavy atom. The lowest BCUT2D eigenvalue weighted by atomic mass is 10.1. The smallest absolute Gasteiger partial charge is 0.338 e. The Bertz CT molecular complexity index is 2090. The van der Waals surface area contributed by atoms with Gasteiger partial charge in [-0.2, -0.15) is 0 Å². The SMILES string of the molecule is O=C(OC[C@H]1O[C@@H](n2cc(F)c3c(-c4ccccc4)ncnc32)[C@H](OC(=O)c2ccccc2)[C@@H]1OC(=O)c1ccccc1)c1ccccc1. The number of halogens is 1. The fourth-order valence-electron chi connectivity index (χ4n) is 5.73. The number of ether oxygens (including phenoxy) is 4. The van der Waals surface area contributed by atoms with E-state index >= 15 is 4.39 Å². The molecule has 7 rings (SSSR count). The highest BCUT2D eigenvalue weighted by Crippen LogP contribution is 2.39. The number of benzene rings is 4. The maximum atomic E-state index is 15.9. The number of carbonyl (C=O) groups excluding carboxylic acids is 3. The van der Waals surface area contributed by atoms with Gasteiger partial charge in [-0.1, -0.05) is 84.9 Å². The number of nitrogens with zero attached hydrogens (tertiary/aromatic N) is 3. The van der Waals surface area contributed by atoms with E-state index in [0.29, 0.717) is 16.8 Å². The van der Waals surface area contributed by atoms with Crippen LogP contribution >= 0.6 is 0 Å². The van der Waals surface area contributed by atoms with Gasteiger partial charge in [0.1, 0.15) is 24.7 Å². The average molecular weight is 658 g/mol. The molecular formula is C38H28FN3O7. The van der Waals surface area contributed by atoms with E-state index in [1.54, 1.807) is 103 Å². The third kappa shape index (κ3) is 6.52. The predicted molar refractivity (Wildman–Crippen MR) is 175 cm³/mol. The van der Waals surface area contributed by atoms with E-state index in [1.165, 1.54) is 17.1 Å². The molecule has 3 heterocycles. The Kier molecular flexibility index (Phi) is 8.90. The summed E-state index contributed by atoms with van der Waals surface area (Å²) in [6.07, 6.45) is -2.58. The van der Waals surface area contributed by atoms with Crippen LogP contribution in [-0.2, 0) is 18.9 Å². The largest absolute Gasteiger partial charge is 0.459 e. The van der Waals surface area contributed by atoms with Crippen molar-refractivity contribution in [3.63, 3.8) is 0 Å². The van der Waals surface area contributed by atoms with Crippen molar-refractivity contribution in [2.45, 2.75) is 24.5 Å². The molecule has 4 atom stereocenters. The molecule has 1 aliphatic rings. The zero-order valence-electron chi connectivity index (χ0n) is 25.8. The van der Waals surface area contributed by atoms with Crippen molar-refractivity contribution in [2.24, 2.45) is 0 Å². The van der Waals surface area contributed by atoms with Crippen molar-refractivity contribution in [3.8, 4) is 11.3 Å². The van der Waals surface area contributed by atoms with Crippen LogP contribution in [0.4, 0.5) is 4.39 Å². The molecule has 0 N–H and O–H groups in total. The van der Waals surface area contributed by atoms with Gasteiger partial charge in [0.25, 0.3) is 0 Å². The number of hydrogen-bond acceptors (Lipinski definition) is 9. The average Bonchev–Trinajstić information content (AvgIpc) is 3.67. The fourth-order valence-corrected chi connectivity index (χ4v) is 5.73. The van der Waals surface area contributed by atoms with Gasteiger partial charge < -0.3 is 18.9 Å². The quantitative estimate of drug-likeness (QED) is 0.128. The molecule has 0 amide bonds. The highest BCUT2D eigenvalue weighted by molar-refractivity contribution is 5.92. The molecule has 0 bridgehead atoms. The van der Waals surface area contributed by atoms with E-state index in [-0.39, 0.29) is 28.8 Å². The zero-order chi connectivity index (χ0) is 33.7. The first-order chi connectivity index (χ1) is 24.0. The maximum Gasteiger partial charge on any atom is 0.338 e. The summed E-state index contributed by atoms with van der Waals surface area (Å²) < 4.78 is 41.3. The van der Waals surface area contributed by atoms with Crippen LogP contribution in [-0.4, -0.2) is 57.4 Å². The summed E-state index contributed by atoms with van der Waals surface area (Å²) >= 11 is 0. The van der Waals surface area contributed by atoms with Crippen LogP contribution in [0.3, 0.4) is 0 Å². The first kappa shape index (κ1) is 31.4. The summed E-state index contributed by atoms with van der Waals surface area (Å²) in [6, 6.07) is 33.9. The Morgan fingerprint density at radius 3 is 1.76 bits per heavy atom. The Balaban J connectivity index is 1.30. The maximum absolute atomic E-state index is 15.9. The molecule has 4 aromatic carbocycles. The van der Waals surface area contributed by atoms with E-state index in [1.807, 2.05) is 18.2 Å². The van der Waals surface area contributed by atoms with Crippen LogP contribution in [0.5, 0.6) is 0 Å². The second-order valence-corrected chi connectivity index (χ2v) is 11.2. The van der Waals surface area contributed by atoms with Gasteiger partial charge in [-0.05, 0) is 36.4 Å². The number of rotatable bonds is 9. The third-order valence-electron chi connectivity index (χ3n) is 8.06. The normalized spacial score (nSPS) is 18.6. The summed E-state index contributed by atoms with van der Waals surface area (Å²) in [5.74, 6) is -2.76. The number of carbonyl (C=O) groups is 3.